The Kier molecular flexibility index (Phi) is 4.22. The molecule has 3 nitrogen and oxygen atoms in total. The zero-order chi connectivity index (χ0) is 13.8. The smallest absolute Gasteiger partial charge is 0.228 e. The number of benzene rings is 2. The summed E-state index contributed by atoms with van der Waals surface area (Å²) < 4.78 is 0.999. The summed E-state index contributed by atoms with van der Waals surface area (Å²) in [5.74, 6) is -0.0453. The Labute approximate surface area is 121 Å². The van der Waals surface area contributed by atoms with E-state index >= 15 is 0 Å². The number of anilines is 2. The number of nitrogens with one attached hydrogen (secondary N) is 1. The third-order valence-electron chi connectivity index (χ3n) is 2.78. The van der Waals surface area contributed by atoms with Crippen molar-refractivity contribution in [2.75, 3.05) is 11.1 Å². The molecule has 0 aromatic heterocycles. The summed E-state index contributed by atoms with van der Waals surface area (Å²) in [5, 5.41) is 2.90. The van der Waals surface area contributed by atoms with Crippen LogP contribution in [-0.4, -0.2) is 5.91 Å². The summed E-state index contributed by atoms with van der Waals surface area (Å²) in [7, 11) is 0. The molecule has 98 valence electrons. The van der Waals surface area contributed by atoms with Crippen molar-refractivity contribution in [3.63, 3.8) is 0 Å². The lowest BCUT2D eigenvalue weighted by molar-refractivity contribution is -0.115. The van der Waals surface area contributed by atoms with Crippen LogP contribution in [-0.2, 0) is 11.2 Å². The van der Waals surface area contributed by atoms with Gasteiger partial charge < -0.3 is 11.1 Å². The fourth-order valence-electron chi connectivity index (χ4n) is 1.85. The third-order valence-corrected chi connectivity index (χ3v) is 3.27. The van der Waals surface area contributed by atoms with Gasteiger partial charge in [0, 0.05) is 15.8 Å². The monoisotopic (exact) mass is 318 g/mol. The molecule has 0 saturated heterocycles. The summed E-state index contributed by atoms with van der Waals surface area (Å²) in [4.78, 5) is 12.0. The van der Waals surface area contributed by atoms with Crippen LogP contribution < -0.4 is 11.1 Å². The number of nitrogen functional groups attached to an aromatic ring is 1. The fraction of sp³-hybridized carbons (Fsp3) is 0.133. The highest BCUT2D eigenvalue weighted by Crippen LogP contribution is 2.20. The minimum absolute atomic E-state index is 0.0453. The highest BCUT2D eigenvalue weighted by molar-refractivity contribution is 9.10. The Morgan fingerprint density at radius 3 is 2.74 bits per heavy atom. The second kappa shape index (κ2) is 5.89. The summed E-state index contributed by atoms with van der Waals surface area (Å²) in [6.45, 7) is 1.96. The molecule has 0 heterocycles. The molecule has 0 radical (unpaired) electrons. The predicted molar refractivity (Wildman–Crippen MR) is 82.1 cm³/mol. The molecule has 0 aliphatic heterocycles. The summed E-state index contributed by atoms with van der Waals surface area (Å²) >= 11 is 3.40. The second-order valence-electron chi connectivity index (χ2n) is 4.43. The minimum Gasteiger partial charge on any atom is -0.399 e. The van der Waals surface area contributed by atoms with Crippen molar-refractivity contribution in [3.8, 4) is 0 Å². The molecular weight excluding hydrogens is 304 g/mol. The van der Waals surface area contributed by atoms with E-state index in [2.05, 4.69) is 21.2 Å². The minimum atomic E-state index is -0.0453. The SMILES string of the molecule is Cc1cc(Br)ccc1NC(=O)Cc1cccc(N)c1. The van der Waals surface area contributed by atoms with E-state index in [1.165, 1.54) is 0 Å². The first-order valence-corrected chi connectivity index (χ1v) is 6.74. The number of rotatable bonds is 3. The number of nitrogens with two attached hydrogens (primary N) is 1. The lowest BCUT2D eigenvalue weighted by atomic mass is 10.1. The number of carbonyl (C=O) groups is 1. The summed E-state index contributed by atoms with van der Waals surface area (Å²) in [6.07, 6.45) is 0.320. The maximum Gasteiger partial charge on any atom is 0.228 e. The summed E-state index contributed by atoms with van der Waals surface area (Å²) in [5.41, 5.74) is 9.13. The van der Waals surface area contributed by atoms with E-state index in [4.69, 9.17) is 5.73 Å². The molecule has 19 heavy (non-hydrogen) atoms. The molecule has 3 N–H and O–H groups in total. The Balaban J connectivity index is 2.05. The highest BCUT2D eigenvalue weighted by atomic mass is 79.9. The van der Waals surface area contributed by atoms with E-state index in [1.54, 1.807) is 6.07 Å². The van der Waals surface area contributed by atoms with Crippen molar-refractivity contribution in [2.24, 2.45) is 0 Å². The van der Waals surface area contributed by atoms with Crippen molar-refractivity contribution in [1.82, 2.24) is 0 Å². The van der Waals surface area contributed by atoms with E-state index in [9.17, 15) is 4.79 Å². The first-order chi connectivity index (χ1) is 9.04. The van der Waals surface area contributed by atoms with E-state index in [0.29, 0.717) is 12.1 Å². The third kappa shape index (κ3) is 3.83. The summed E-state index contributed by atoms with van der Waals surface area (Å²) in [6, 6.07) is 13.1. The van der Waals surface area contributed by atoms with Crippen LogP contribution in [0.3, 0.4) is 0 Å². The molecule has 0 bridgehead atoms. The Hall–Kier alpha value is -1.81. The van der Waals surface area contributed by atoms with Gasteiger partial charge in [-0.25, -0.2) is 0 Å². The van der Waals surface area contributed by atoms with Gasteiger partial charge in [-0.2, -0.15) is 0 Å². The Morgan fingerprint density at radius 2 is 2.05 bits per heavy atom. The van der Waals surface area contributed by atoms with E-state index in [1.807, 2.05) is 43.3 Å². The maximum absolute atomic E-state index is 12.0. The predicted octanol–water partition coefficient (Wildman–Crippen LogP) is 3.52. The molecule has 2 aromatic carbocycles. The van der Waals surface area contributed by atoms with E-state index < -0.39 is 0 Å². The van der Waals surface area contributed by atoms with Crippen LogP contribution in [0.2, 0.25) is 0 Å². The molecule has 0 spiro atoms. The van der Waals surface area contributed by atoms with Crippen LogP contribution in [0.4, 0.5) is 11.4 Å². The molecular formula is C15H15BrN2O. The van der Waals surface area contributed by atoms with Gasteiger partial charge in [-0.3, -0.25) is 4.79 Å². The first kappa shape index (κ1) is 13.6. The average molecular weight is 319 g/mol. The number of carbonyl (C=O) groups excluding carboxylic acids is 1. The van der Waals surface area contributed by atoms with Gasteiger partial charge in [0.1, 0.15) is 0 Å². The lowest BCUT2D eigenvalue weighted by Gasteiger charge is -2.09. The van der Waals surface area contributed by atoms with Gasteiger partial charge in [-0.1, -0.05) is 28.1 Å². The largest absolute Gasteiger partial charge is 0.399 e. The fourth-order valence-corrected chi connectivity index (χ4v) is 2.33. The molecule has 0 unspecified atom stereocenters. The van der Waals surface area contributed by atoms with E-state index in [0.717, 1.165) is 21.3 Å². The number of aryl methyl sites for hydroxylation is 1. The molecule has 0 atom stereocenters. The van der Waals surface area contributed by atoms with Crippen LogP contribution in [0.1, 0.15) is 11.1 Å². The number of halogens is 1. The standard InChI is InChI=1S/C15H15BrN2O/c1-10-7-12(16)5-6-14(10)18-15(19)9-11-3-2-4-13(17)8-11/h2-8H,9,17H2,1H3,(H,18,19). The normalized spacial score (nSPS) is 10.2. The Morgan fingerprint density at radius 1 is 1.26 bits per heavy atom. The molecule has 2 rings (SSSR count). The second-order valence-corrected chi connectivity index (χ2v) is 5.34. The molecule has 0 aliphatic rings. The quantitative estimate of drug-likeness (QED) is 0.851. The van der Waals surface area contributed by atoms with Crippen LogP contribution in [0, 0.1) is 6.92 Å². The molecule has 4 heteroatoms. The first-order valence-electron chi connectivity index (χ1n) is 5.95. The van der Waals surface area contributed by atoms with Gasteiger partial charge in [0.25, 0.3) is 0 Å². The molecule has 0 aliphatic carbocycles. The van der Waals surface area contributed by atoms with Gasteiger partial charge >= 0.3 is 0 Å². The van der Waals surface area contributed by atoms with Gasteiger partial charge in [0.15, 0.2) is 0 Å². The van der Waals surface area contributed by atoms with Gasteiger partial charge in [-0.15, -0.1) is 0 Å². The maximum atomic E-state index is 12.0. The highest BCUT2D eigenvalue weighted by Gasteiger charge is 2.06. The van der Waals surface area contributed by atoms with Crippen molar-refractivity contribution >= 4 is 33.2 Å². The number of hydrogen-bond acceptors (Lipinski definition) is 2. The Bertz CT molecular complexity index is 611. The van der Waals surface area contributed by atoms with Crippen molar-refractivity contribution in [2.45, 2.75) is 13.3 Å². The lowest BCUT2D eigenvalue weighted by Crippen LogP contribution is -2.15. The van der Waals surface area contributed by atoms with Gasteiger partial charge in [0.2, 0.25) is 5.91 Å². The van der Waals surface area contributed by atoms with Gasteiger partial charge in [-0.05, 0) is 48.4 Å². The van der Waals surface area contributed by atoms with Crippen LogP contribution in [0.15, 0.2) is 46.9 Å². The zero-order valence-electron chi connectivity index (χ0n) is 10.6. The average Bonchev–Trinajstić information content (AvgIpc) is 2.33. The van der Waals surface area contributed by atoms with Crippen LogP contribution >= 0.6 is 15.9 Å². The van der Waals surface area contributed by atoms with Crippen molar-refractivity contribution < 1.29 is 4.79 Å². The van der Waals surface area contributed by atoms with E-state index in [-0.39, 0.29) is 5.91 Å². The van der Waals surface area contributed by atoms with Crippen molar-refractivity contribution in [3.05, 3.63) is 58.1 Å². The molecule has 2 aromatic rings. The van der Waals surface area contributed by atoms with Gasteiger partial charge in [0.05, 0.1) is 6.42 Å². The number of amides is 1. The topological polar surface area (TPSA) is 55.1 Å². The molecule has 0 saturated carbocycles. The molecule has 1 amide bonds. The molecule has 0 fully saturated rings. The number of hydrogen-bond donors (Lipinski definition) is 2. The van der Waals surface area contributed by atoms with Crippen LogP contribution in [0.25, 0.3) is 0 Å². The van der Waals surface area contributed by atoms with Crippen LogP contribution in [0.5, 0.6) is 0 Å². The van der Waals surface area contributed by atoms with Crippen molar-refractivity contribution in [1.29, 1.82) is 0 Å². The zero-order valence-corrected chi connectivity index (χ0v) is 12.2.